The molecule has 0 radical (unpaired) electrons. The fourth-order valence-corrected chi connectivity index (χ4v) is 1.97. The molecule has 0 aromatic heterocycles. The van der Waals surface area contributed by atoms with Crippen LogP contribution in [0.5, 0.6) is 0 Å². The van der Waals surface area contributed by atoms with Crippen LogP contribution in [0.15, 0.2) is 48.5 Å². The van der Waals surface area contributed by atoms with Crippen LogP contribution < -0.4 is 5.73 Å². The van der Waals surface area contributed by atoms with Gasteiger partial charge < -0.3 is 5.73 Å². The standard InChI is InChI=1S/C16H15F2NO/c1-11-2-4-12(5-3-11)13-6-8-14(9-7-13)16(17,18)10-15(19)20/h2-9H,10H2,1H3,(H2,19,20). The Morgan fingerprint density at radius 1 is 1.00 bits per heavy atom. The largest absolute Gasteiger partial charge is 0.369 e. The third-order valence-corrected chi connectivity index (χ3v) is 3.09. The zero-order chi connectivity index (χ0) is 14.8. The molecular weight excluding hydrogens is 260 g/mol. The molecular formula is C16H15F2NO. The fourth-order valence-electron chi connectivity index (χ4n) is 1.97. The van der Waals surface area contributed by atoms with Crippen LogP contribution in [0.2, 0.25) is 0 Å². The van der Waals surface area contributed by atoms with Crippen molar-refractivity contribution in [1.82, 2.24) is 0 Å². The molecule has 104 valence electrons. The maximum Gasteiger partial charge on any atom is 0.281 e. The van der Waals surface area contributed by atoms with Gasteiger partial charge in [0.1, 0.15) is 0 Å². The van der Waals surface area contributed by atoms with Crippen molar-refractivity contribution in [2.45, 2.75) is 19.3 Å². The van der Waals surface area contributed by atoms with Gasteiger partial charge in [-0.2, -0.15) is 0 Å². The Morgan fingerprint density at radius 3 is 1.90 bits per heavy atom. The van der Waals surface area contributed by atoms with E-state index in [1.165, 1.54) is 12.1 Å². The summed E-state index contributed by atoms with van der Waals surface area (Å²) in [7, 11) is 0. The predicted octanol–water partition coefficient (Wildman–Crippen LogP) is 3.63. The first-order chi connectivity index (χ1) is 9.38. The lowest BCUT2D eigenvalue weighted by Gasteiger charge is -2.15. The van der Waals surface area contributed by atoms with Crippen molar-refractivity contribution in [3.63, 3.8) is 0 Å². The van der Waals surface area contributed by atoms with Gasteiger partial charge in [0, 0.05) is 5.56 Å². The van der Waals surface area contributed by atoms with Crippen molar-refractivity contribution in [3.8, 4) is 11.1 Å². The summed E-state index contributed by atoms with van der Waals surface area (Å²) in [5.41, 5.74) is 7.58. The van der Waals surface area contributed by atoms with Crippen LogP contribution in [0.1, 0.15) is 17.5 Å². The lowest BCUT2D eigenvalue weighted by molar-refractivity contribution is -0.125. The van der Waals surface area contributed by atoms with E-state index in [1.807, 2.05) is 31.2 Å². The highest BCUT2D eigenvalue weighted by atomic mass is 19.3. The summed E-state index contributed by atoms with van der Waals surface area (Å²) in [4.78, 5) is 10.7. The molecule has 20 heavy (non-hydrogen) atoms. The molecule has 1 amide bonds. The van der Waals surface area contributed by atoms with E-state index >= 15 is 0 Å². The molecule has 0 spiro atoms. The number of primary amides is 1. The maximum atomic E-state index is 13.7. The predicted molar refractivity (Wildman–Crippen MR) is 74.3 cm³/mol. The molecule has 2 aromatic rings. The van der Waals surface area contributed by atoms with Gasteiger partial charge in [0.05, 0.1) is 6.42 Å². The number of hydrogen-bond acceptors (Lipinski definition) is 1. The Balaban J connectivity index is 2.26. The van der Waals surface area contributed by atoms with Crippen LogP contribution in [0, 0.1) is 6.92 Å². The van der Waals surface area contributed by atoms with Crippen LogP contribution in [0.4, 0.5) is 8.78 Å². The molecule has 2 N–H and O–H groups in total. The lowest BCUT2D eigenvalue weighted by atomic mass is 9.99. The number of halogens is 2. The highest BCUT2D eigenvalue weighted by Gasteiger charge is 2.33. The Morgan fingerprint density at radius 2 is 1.45 bits per heavy atom. The quantitative estimate of drug-likeness (QED) is 0.909. The summed E-state index contributed by atoms with van der Waals surface area (Å²) in [6.07, 6.45) is -0.975. The Hall–Kier alpha value is -2.23. The number of benzene rings is 2. The van der Waals surface area contributed by atoms with Crippen molar-refractivity contribution in [2.75, 3.05) is 0 Å². The van der Waals surface area contributed by atoms with Gasteiger partial charge in [-0.05, 0) is 18.1 Å². The molecule has 4 heteroatoms. The highest BCUT2D eigenvalue weighted by Crippen LogP contribution is 2.32. The fraction of sp³-hybridized carbons (Fsp3) is 0.188. The van der Waals surface area contributed by atoms with Crippen molar-refractivity contribution in [3.05, 3.63) is 59.7 Å². The first-order valence-corrected chi connectivity index (χ1v) is 6.22. The van der Waals surface area contributed by atoms with Crippen LogP contribution in [0.3, 0.4) is 0 Å². The van der Waals surface area contributed by atoms with Gasteiger partial charge in [0.15, 0.2) is 0 Å². The summed E-state index contributed by atoms with van der Waals surface area (Å²) in [6, 6.07) is 13.7. The third kappa shape index (κ3) is 3.20. The van der Waals surface area contributed by atoms with Gasteiger partial charge in [0.2, 0.25) is 5.91 Å². The molecule has 0 atom stereocenters. The molecule has 2 rings (SSSR count). The minimum Gasteiger partial charge on any atom is -0.369 e. The van der Waals surface area contributed by atoms with Crippen molar-refractivity contribution < 1.29 is 13.6 Å². The Labute approximate surface area is 116 Å². The summed E-state index contributed by atoms with van der Waals surface area (Å²) < 4.78 is 27.4. The van der Waals surface area contributed by atoms with E-state index in [0.717, 1.165) is 16.7 Å². The number of alkyl halides is 2. The smallest absolute Gasteiger partial charge is 0.281 e. The van der Waals surface area contributed by atoms with E-state index in [9.17, 15) is 13.6 Å². The van der Waals surface area contributed by atoms with Crippen molar-refractivity contribution in [2.24, 2.45) is 5.73 Å². The number of nitrogens with two attached hydrogens (primary N) is 1. The number of rotatable bonds is 4. The summed E-state index contributed by atoms with van der Waals surface area (Å²) in [5, 5.41) is 0. The van der Waals surface area contributed by atoms with Crippen LogP contribution in [0.25, 0.3) is 11.1 Å². The molecule has 0 fully saturated rings. The van der Waals surface area contributed by atoms with E-state index in [2.05, 4.69) is 0 Å². The highest BCUT2D eigenvalue weighted by molar-refractivity contribution is 5.75. The first kappa shape index (κ1) is 14.2. The average Bonchev–Trinajstić information content (AvgIpc) is 2.38. The van der Waals surface area contributed by atoms with Gasteiger partial charge in [-0.3, -0.25) is 4.79 Å². The molecule has 0 unspecified atom stereocenters. The second kappa shape index (κ2) is 5.41. The van der Waals surface area contributed by atoms with Crippen LogP contribution in [-0.4, -0.2) is 5.91 Å². The SMILES string of the molecule is Cc1ccc(-c2ccc(C(F)(F)CC(N)=O)cc2)cc1. The second-order valence-electron chi connectivity index (χ2n) is 4.79. The molecule has 0 saturated heterocycles. The molecule has 0 aliphatic heterocycles. The minimum absolute atomic E-state index is 0.202. The topological polar surface area (TPSA) is 43.1 Å². The molecule has 0 bridgehead atoms. The number of carbonyl (C=O) groups is 1. The molecule has 2 aromatic carbocycles. The summed E-state index contributed by atoms with van der Waals surface area (Å²) in [6.45, 7) is 1.98. The van der Waals surface area contributed by atoms with Gasteiger partial charge >= 0.3 is 0 Å². The Kier molecular flexibility index (Phi) is 3.84. The number of carbonyl (C=O) groups excluding carboxylic acids is 1. The molecule has 0 heterocycles. The molecule has 0 aliphatic rings. The third-order valence-electron chi connectivity index (χ3n) is 3.09. The number of aryl methyl sites for hydroxylation is 1. The van der Waals surface area contributed by atoms with Gasteiger partial charge in [0.25, 0.3) is 5.92 Å². The summed E-state index contributed by atoms with van der Waals surface area (Å²) >= 11 is 0. The molecule has 0 saturated carbocycles. The Bertz CT molecular complexity index is 603. The second-order valence-corrected chi connectivity index (χ2v) is 4.79. The normalized spacial score (nSPS) is 11.3. The zero-order valence-electron chi connectivity index (χ0n) is 11.1. The maximum absolute atomic E-state index is 13.7. The molecule has 0 aliphatic carbocycles. The van der Waals surface area contributed by atoms with E-state index in [4.69, 9.17) is 5.73 Å². The van der Waals surface area contributed by atoms with Crippen LogP contribution in [-0.2, 0) is 10.7 Å². The number of amides is 1. The van der Waals surface area contributed by atoms with Crippen molar-refractivity contribution >= 4 is 5.91 Å². The van der Waals surface area contributed by atoms with E-state index in [-0.39, 0.29) is 5.56 Å². The van der Waals surface area contributed by atoms with Crippen molar-refractivity contribution in [1.29, 1.82) is 0 Å². The molecule has 2 nitrogen and oxygen atoms in total. The summed E-state index contributed by atoms with van der Waals surface area (Å²) in [5.74, 6) is -4.24. The van der Waals surface area contributed by atoms with Gasteiger partial charge in [-0.1, -0.05) is 54.1 Å². The number of hydrogen-bond donors (Lipinski definition) is 1. The first-order valence-electron chi connectivity index (χ1n) is 6.22. The minimum atomic E-state index is -3.22. The van der Waals surface area contributed by atoms with E-state index in [1.54, 1.807) is 12.1 Å². The van der Waals surface area contributed by atoms with E-state index in [0.29, 0.717) is 0 Å². The average molecular weight is 275 g/mol. The van der Waals surface area contributed by atoms with Gasteiger partial charge in [-0.25, -0.2) is 8.78 Å². The van der Waals surface area contributed by atoms with E-state index < -0.39 is 18.3 Å². The van der Waals surface area contributed by atoms with Gasteiger partial charge in [-0.15, -0.1) is 0 Å². The zero-order valence-corrected chi connectivity index (χ0v) is 11.1. The van der Waals surface area contributed by atoms with Crippen LogP contribution >= 0.6 is 0 Å². The lowest BCUT2D eigenvalue weighted by Crippen LogP contribution is -2.23. The monoisotopic (exact) mass is 275 g/mol.